The maximum Gasteiger partial charge on any atom is 0.157 e. The van der Waals surface area contributed by atoms with Crippen LogP contribution in [-0.2, 0) is 4.79 Å². The third-order valence-electron chi connectivity index (χ3n) is 4.76. The SMILES string of the molecule is CC(C)C(=O)[C@@H](c1ccccc1)N1C2CCC1CC2. The van der Waals surface area contributed by atoms with Gasteiger partial charge in [-0.15, -0.1) is 0 Å². The highest BCUT2D eigenvalue weighted by atomic mass is 16.1. The molecule has 2 aliphatic rings. The van der Waals surface area contributed by atoms with Gasteiger partial charge in [-0.2, -0.15) is 0 Å². The van der Waals surface area contributed by atoms with E-state index in [1.165, 1.54) is 31.2 Å². The maximum atomic E-state index is 12.7. The number of Topliss-reactive ketones (excluding diaryl/α,β-unsaturated/α-hetero) is 1. The summed E-state index contributed by atoms with van der Waals surface area (Å²) in [5.41, 5.74) is 1.18. The molecule has 3 rings (SSSR count). The largest absolute Gasteiger partial charge is 0.297 e. The first kappa shape index (κ1) is 12.9. The molecular formula is C17H23NO. The molecule has 102 valence electrons. The second-order valence-electron chi connectivity index (χ2n) is 6.28. The Morgan fingerprint density at radius 1 is 1.05 bits per heavy atom. The molecule has 0 unspecified atom stereocenters. The second kappa shape index (κ2) is 5.09. The minimum Gasteiger partial charge on any atom is -0.297 e. The first-order valence-electron chi connectivity index (χ1n) is 7.54. The number of nitrogens with zero attached hydrogens (tertiary/aromatic N) is 1. The minimum absolute atomic E-state index is 0.0128. The monoisotopic (exact) mass is 257 g/mol. The Balaban J connectivity index is 1.95. The van der Waals surface area contributed by atoms with Crippen LogP contribution in [-0.4, -0.2) is 22.8 Å². The fourth-order valence-corrected chi connectivity index (χ4v) is 3.81. The molecule has 2 bridgehead atoms. The van der Waals surface area contributed by atoms with Crippen molar-refractivity contribution >= 4 is 5.78 Å². The zero-order valence-corrected chi connectivity index (χ0v) is 11.9. The molecule has 0 radical (unpaired) electrons. The van der Waals surface area contributed by atoms with Gasteiger partial charge in [-0.1, -0.05) is 44.2 Å². The third kappa shape index (κ3) is 2.23. The second-order valence-corrected chi connectivity index (χ2v) is 6.28. The van der Waals surface area contributed by atoms with Crippen LogP contribution in [0.4, 0.5) is 0 Å². The summed E-state index contributed by atoms with van der Waals surface area (Å²) in [6.07, 6.45) is 5.11. The van der Waals surface area contributed by atoms with Crippen molar-refractivity contribution in [2.24, 2.45) is 5.92 Å². The molecule has 0 spiro atoms. The van der Waals surface area contributed by atoms with Gasteiger partial charge in [0, 0.05) is 18.0 Å². The van der Waals surface area contributed by atoms with Crippen molar-refractivity contribution in [3.05, 3.63) is 35.9 Å². The Bertz CT molecular complexity index is 434. The van der Waals surface area contributed by atoms with Crippen LogP contribution in [0.5, 0.6) is 0 Å². The fourth-order valence-electron chi connectivity index (χ4n) is 3.81. The lowest BCUT2D eigenvalue weighted by molar-refractivity contribution is -0.128. The van der Waals surface area contributed by atoms with Crippen molar-refractivity contribution in [3.8, 4) is 0 Å². The van der Waals surface area contributed by atoms with Crippen LogP contribution in [0, 0.1) is 5.92 Å². The fraction of sp³-hybridized carbons (Fsp3) is 0.588. The summed E-state index contributed by atoms with van der Waals surface area (Å²) in [6, 6.07) is 11.6. The molecule has 1 aromatic rings. The highest BCUT2D eigenvalue weighted by molar-refractivity contribution is 5.87. The van der Waals surface area contributed by atoms with Gasteiger partial charge in [0.25, 0.3) is 0 Å². The van der Waals surface area contributed by atoms with Crippen LogP contribution >= 0.6 is 0 Å². The van der Waals surface area contributed by atoms with E-state index in [-0.39, 0.29) is 12.0 Å². The first-order chi connectivity index (χ1) is 9.18. The molecule has 2 aliphatic heterocycles. The van der Waals surface area contributed by atoms with Crippen molar-refractivity contribution in [1.82, 2.24) is 4.90 Å². The molecular weight excluding hydrogens is 234 g/mol. The minimum atomic E-state index is -0.0128. The van der Waals surface area contributed by atoms with E-state index in [4.69, 9.17) is 0 Å². The number of carbonyl (C=O) groups is 1. The van der Waals surface area contributed by atoms with E-state index in [2.05, 4.69) is 17.0 Å². The molecule has 19 heavy (non-hydrogen) atoms. The van der Waals surface area contributed by atoms with E-state index in [0.717, 1.165) is 0 Å². The normalized spacial score (nSPS) is 27.9. The molecule has 2 heteroatoms. The Kier molecular flexibility index (Phi) is 3.44. The van der Waals surface area contributed by atoms with E-state index in [9.17, 15) is 4.79 Å². The molecule has 2 fully saturated rings. The van der Waals surface area contributed by atoms with Gasteiger partial charge in [-0.05, 0) is 31.2 Å². The average Bonchev–Trinajstić information content (AvgIpc) is 3.00. The summed E-state index contributed by atoms with van der Waals surface area (Å²) in [6.45, 7) is 4.05. The Hall–Kier alpha value is -1.15. The lowest BCUT2D eigenvalue weighted by Crippen LogP contribution is -2.39. The molecule has 0 N–H and O–H groups in total. The van der Waals surface area contributed by atoms with Gasteiger partial charge >= 0.3 is 0 Å². The maximum absolute atomic E-state index is 12.7. The zero-order valence-electron chi connectivity index (χ0n) is 11.9. The molecule has 2 heterocycles. The Morgan fingerprint density at radius 2 is 1.58 bits per heavy atom. The van der Waals surface area contributed by atoms with Gasteiger partial charge < -0.3 is 0 Å². The quantitative estimate of drug-likeness (QED) is 0.821. The van der Waals surface area contributed by atoms with Gasteiger partial charge in [-0.3, -0.25) is 9.69 Å². The van der Waals surface area contributed by atoms with Crippen LogP contribution in [0.15, 0.2) is 30.3 Å². The molecule has 2 nitrogen and oxygen atoms in total. The van der Waals surface area contributed by atoms with Crippen molar-refractivity contribution in [2.45, 2.75) is 57.7 Å². The summed E-state index contributed by atoms with van der Waals surface area (Å²) in [4.78, 5) is 15.2. The number of hydrogen-bond donors (Lipinski definition) is 0. The molecule has 1 atom stereocenters. The smallest absolute Gasteiger partial charge is 0.157 e. The Morgan fingerprint density at radius 3 is 2.05 bits per heavy atom. The van der Waals surface area contributed by atoms with Crippen LogP contribution < -0.4 is 0 Å². The third-order valence-corrected chi connectivity index (χ3v) is 4.76. The van der Waals surface area contributed by atoms with Gasteiger partial charge in [0.2, 0.25) is 0 Å². The van der Waals surface area contributed by atoms with Crippen LogP contribution in [0.3, 0.4) is 0 Å². The molecule has 0 aliphatic carbocycles. The van der Waals surface area contributed by atoms with Crippen molar-refractivity contribution in [2.75, 3.05) is 0 Å². The zero-order chi connectivity index (χ0) is 13.4. The van der Waals surface area contributed by atoms with Crippen LogP contribution in [0.1, 0.15) is 51.1 Å². The van der Waals surface area contributed by atoms with Crippen molar-refractivity contribution in [3.63, 3.8) is 0 Å². The van der Waals surface area contributed by atoms with Gasteiger partial charge in [-0.25, -0.2) is 0 Å². The lowest BCUT2D eigenvalue weighted by Gasteiger charge is -2.32. The summed E-state index contributed by atoms with van der Waals surface area (Å²) in [5.74, 6) is 0.482. The average molecular weight is 257 g/mol. The first-order valence-corrected chi connectivity index (χ1v) is 7.54. The summed E-state index contributed by atoms with van der Waals surface area (Å²) in [5, 5.41) is 0. The van der Waals surface area contributed by atoms with E-state index in [1.54, 1.807) is 0 Å². The van der Waals surface area contributed by atoms with E-state index >= 15 is 0 Å². The van der Waals surface area contributed by atoms with Crippen LogP contribution in [0.2, 0.25) is 0 Å². The van der Waals surface area contributed by atoms with E-state index < -0.39 is 0 Å². The predicted molar refractivity (Wildman–Crippen MR) is 76.9 cm³/mol. The lowest BCUT2D eigenvalue weighted by atomic mass is 9.93. The number of fused-ring (bicyclic) bond motifs is 2. The van der Waals surface area contributed by atoms with Crippen LogP contribution in [0.25, 0.3) is 0 Å². The summed E-state index contributed by atoms with van der Waals surface area (Å²) >= 11 is 0. The van der Waals surface area contributed by atoms with E-state index in [1.807, 2.05) is 32.0 Å². The summed E-state index contributed by atoms with van der Waals surface area (Å²) in [7, 11) is 0. The van der Waals surface area contributed by atoms with Gasteiger partial charge in [0.1, 0.15) is 0 Å². The van der Waals surface area contributed by atoms with Crippen molar-refractivity contribution < 1.29 is 4.79 Å². The number of hydrogen-bond acceptors (Lipinski definition) is 2. The van der Waals surface area contributed by atoms with Gasteiger partial charge in [0.15, 0.2) is 5.78 Å². The van der Waals surface area contributed by atoms with E-state index in [0.29, 0.717) is 17.9 Å². The number of benzene rings is 1. The standard InChI is InChI=1S/C17H23NO/c1-12(2)17(19)16(13-6-4-3-5-7-13)18-14-8-9-15(18)11-10-14/h3-7,12,14-16H,8-11H2,1-2H3/t14?,15?,16-/m1/s1. The molecule has 0 saturated carbocycles. The highest BCUT2D eigenvalue weighted by Gasteiger charge is 2.45. The molecule has 1 aromatic carbocycles. The molecule has 0 amide bonds. The topological polar surface area (TPSA) is 20.3 Å². The number of rotatable bonds is 4. The summed E-state index contributed by atoms with van der Waals surface area (Å²) < 4.78 is 0. The molecule has 0 aromatic heterocycles. The molecule has 2 saturated heterocycles. The van der Waals surface area contributed by atoms with Crippen molar-refractivity contribution in [1.29, 1.82) is 0 Å². The Labute approximate surface area is 115 Å². The van der Waals surface area contributed by atoms with Gasteiger partial charge in [0.05, 0.1) is 6.04 Å². The highest BCUT2D eigenvalue weighted by Crippen LogP contribution is 2.44. The number of carbonyl (C=O) groups excluding carboxylic acids is 1. The predicted octanol–water partition coefficient (Wildman–Crippen LogP) is 3.58. The number of ketones is 1.